The van der Waals surface area contributed by atoms with Crippen molar-refractivity contribution in [1.82, 2.24) is 19.7 Å². The monoisotopic (exact) mass is 396 g/mol. The number of imidazole rings is 1. The van der Waals surface area contributed by atoms with E-state index in [1.807, 2.05) is 16.7 Å². The largest absolute Gasteiger partial charge is 0.375 e. The highest BCUT2D eigenvalue weighted by Crippen LogP contribution is 2.39. The lowest BCUT2D eigenvalue weighted by atomic mass is 10.2. The van der Waals surface area contributed by atoms with Crippen LogP contribution in [0.2, 0.25) is 0 Å². The van der Waals surface area contributed by atoms with Gasteiger partial charge in [0.15, 0.2) is 10.8 Å². The molecule has 0 aliphatic heterocycles. The number of nitrogens with two attached hydrogens (primary N) is 2. The molecule has 0 unspecified atom stereocenters. The van der Waals surface area contributed by atoms with Gasteiger partial charge in [-0.2, -0.15) is 5.10 Å². The lowest BCUT2D eigenvalue weighted by Gasteiger charge is -2.01. The minimum atomic E-state index is -0.415. The molecule has 1 amide bonds. The second-order valence-electron chi connectivity index (χ2n) is 6.57. The molecule has 1 aliphatic carbocycles. The number of thiazole rings is 1. The Morgan fingerprint density at radius 1 is 1.39 bits per heavy atom. The van der Waals surface area contributed by atoms with Crippen LogP contribution in [0.25, 0.3) is 5.65 Å². The Morgan fingerprint density at radius 2 is 2.25 bits per heavy atom. The van der Waals surface area contributed by atoms with Gasteiger partial charge in [0, 0.05) is 23.5 Å². The van der Waals surface area contributed by atoms with Crippen LogP contribution < -0.4 is 16.9 Å². The fourth-order valence-electron chi connectivity index (χ4n) is 2.83. The number of hydrazone groups is 1. The van der Waals surface area contributed by atoms with Gasteiger partial charge in [-0.15, -0.1) is 11.3 Å². The molecular weight excluding hydrogens is 376 g/mol. The fourth-order valence-corrected chi connectivity index (χ4v) is 3.46. The molecule has 0 spiro atoms. The van der Waals surface area contributed by atoms with Gasteiger partial charge in [0.25, 0.3) is 5.91 Å². The van der Waals surface area contributed by atoms with E-state index in [2.05, 4.69) is 37.6 Å². The van der Waals surface area contributed by atoms with Crippen molar-refractivity contribution >= 4 is 39.9 Å². The average Bonchev–Trinajstić information content (AvgIpc) is 3.34. The molecule has 3 heterocycles. The minimum absolute atomic E-state index is 0.0391. The third-order valence-corrected chi connectivity index (χ3v) is 5.23. The number of carbonyl (C=O) groups excluding carboxylic acids is 1. The van der Waals surface area contributed by atoms with Crippen LogP contribution in [-0.4, -0.2) is 32.2 Å². The Kier molecular flexibility index (Phi) is 5.02. The van der Waals surface area contributed by atoms with Crippen molar-refractivity contribution in [3.63, 3.8) is 0 Å². The number of aliphatic imine (C=N–C) groups is 1. The van der Waals surface area contributed by atoms with E-state index < -0.39 is 5.91 Å². The molecule has 5 N–H and O–H groups in total. The highest BCUT2D eigenvalue weighted by molar-refractivity contribution is 7.15. The van der Waals surface area contributed by atoms with Gasteiger partial charge < -0.3 is 21.3 Å². The number of aromatic nitrogens is 3. The number of nitrogens with zero attached hydrogens (tertiary/aromatic N) is 5. The zero-order valence-corrected chi connectivity index (χ0v) is 15.9. The Morgan fingerprint density at radius 3 is 2.96 bits per heavy atom. The zero-order chi connectivity index (χ0) is 19.5. The Balaban J connectivity index is 1.35. The van der Waals surface area contributed by atoms with Crippen molar-refractivity contribution in [3.05, 3.63) is 46.9 Å². The lowest BCUT2D eigenvalue weighted by Crippen LogP contribution is -2.32. The average molecular weight is 396 g/mol. The number of nitrogen functional groups attached to an aromatic ring is 1. The molecule has 10 heteroatoms. The molecule has 3 aromatic heterocycles. The van der Waals surface area contributed by atoms with Gasteiger partial charge in [0.1, 0.15) is 5.65 Å². The standard InChI is InChI=1S/C18H20N8OS/c19-18-23-7-14(28-18)6-22-17(27)15(25-20)8-21-5-13-10-26-9-12(11-1-2-11)3-4-16(26)24-13/h3-4,7-11H,1-2,5-6,20H2,(H2,19,23)(H,22,27). The van der Waals surface area contributed by atoms with E-state index in [4.69, 9.17) is 11.6 Å². The van der Waals surface area contributed by atoms with Crippen LogP contribution in [0.1, 0.15) is 34.9 Å². The Labute approximate surface area is 165 Å². The molecule has 9 nitrogen and oxygen atoms in total. The molecule has 0 bridgehead atoms. The van der Waals surface area contributed by atoms with Crippen molar-refractivity contribution in [2.24, 2.45) is 15.9 Å². The molecule has 0 aromatic carbocycles. The second kappa shape index (κ2) is 7.77. The molecule has 1 aliphatic rings. The third-order valence-electron chi connectivity index (χ3n) is 4.41. The molecule has 1 saturated carbocycles. The first kappa shape index (κ1) is 18.1. The van der Waals surface area contributed by atoms with Gasteiger partial charge in [-0.1, -0.05) is 6.07 Å². The molecule has 0 radical (unpaired) electrons. The number of anilines is 1. The summed E-state index contributed by atoms with van der Waals surface area (Å²) >= 11 is 1.31. The van der Waals surface area contributed by atoms with Crippen LogP contribution in [0, 0.1) is 0 Å². The van der Waals surface area contributed by atoms with E-state index in [0.717, 1.165) is 16.2 Å². The molecular formula is C18H20N8OS. The minimum Gasteiger partial charge on any atom is -0.375 e. The maximum Gasteiger partial charge on any atom is 0.273 e. The molecule has 0 atom stereocenters. The molecule has 3 aromatic rings. The summed E-state index contributed by atoms with van der Waals surface area (Å²) in [4.78, 5) is 25.7. The number of hydrogen-bond acceptors (Lipinski definition) is 8. The maximum atomic E-state index is 12.2. The Bertz CT molecular complexity index is 1060. The highest BCUT2D eigenvalue weighted by Gasteiger charge is 2.23. The van der Waals surface area contributed by atoms with Crippen molar-refractivity contribution in [3.8, 4) is 0 Å². The van der Waals surface area contributed by atoms with Gasteiger partial charge in [-0.3, -0.25) is 9.79 Å². The van der Waals surface area contributed by atoms with Gasteiger partial charge in [-0.25, -0.2) is 9.97 Å². The summed E-state index contributed by atoms with van der Waals surface area (Å²) in [6, 6.07) is 4.15. The van der Waals surface area contributed by atoms with E-state index in [0.29, 0.717) is 24.1 Å². The predicted octanol–water partition coefficient (Wildman–Crippen LogP) is 1.45. The van der Waals surface area contributed by atoms with Crippen molar-refractivity contribution < 1.29 is 4.79 Å². The molecule has 0 saturated heterocycles. The van der Waals surface area contributed by atoms with Crippen LogP contribution in [0.15, 0.2) is 40.8 Å². The molecule has 144 valence electrons. The topological polar surface area (TPSA) is 136 Å². The van der Waals surface area contributed by atoms with E-state index in [9.17, 15) is 4.79 Å². The van der Waals surface area contributed by atoms with E-state index >= 15 is 0 Å². The first-order valence-corrected chi connectivity index (χ1v) is 9.67. The molecule has 28 heavy (non-hydrogen) atoms. The van der Waals surface area contributed by atoms with Crippen LogP contribution in [0.4, 0.5) is 5.13 Å². The Hall–Kier alpha value is -3.27. The van der Waals surface area contributed by atoms with Crippen LogP contribution in [0.3, 0.4) is 0 Å². The second-order valence-corrected chi connectivity index (χ2v) is 7.71. The van der Waals surface area contributed by atoms with E-state index in [-0.39, 0.29) is 5.71 Å². The van der Waals surface area contributed by atoms with Gasteiger partial charge in [0.2, 0.25) is 0 Å². The molecule has 1 fully saturated rings. The van der Waals surface area contributed by atoms with E-state index in [1.165, 1.54) is 36.0 Å². The molecule has 4 rings (SSSR count). The van der Waals surface area contributed by atoms with Gasteiger partial charge in [-0.05, 0) is 30.4 Å². The zero-order valence-electron chi connectivity index (χ0n) is 15.1. The number of hydrogen-bond donors (Lipinski definition) is 3. The quantitative estimate of drug-likeness (QED) is 0.315. The summed E-state index contributed by atoms with van der Waals surface area (Å²) in [5.74, 6) is 5.60. The summed E-state index contributed by atoms with van der Waals surface area (Å²) < 4.78 is 2.02. The number of pyridine rings is 1. The number of carbonyl (C=O) groups is 1. The number of nitrogens with one attached hydrogen (secondary N) is 1. The van der Waals surface area contributed by atoms with E-state index in [1.54, 1.807) is 6.20 Å². The third kappa shape index (κ3) is 4.17. The first-order chi connectivity index (χ1) is 13.6. The van der Waals surface area contributed by atoms with Crippen LogP contribution in [-0.2, 0) is 17.9 Å². The number of rotatable bonds is 7. The number of fused-ring (bicyclic) bond motifs is 1. The highest BCUT2D eigenvalue weighted by atomic mass is 32.1. The van der Waals surface area contributed by atoms with Crippen molar-refractivity contribution in [2.45, 2.75) is 31.8 Å². The summed E-state index contributed by atoms with van der Waals surface area (Å²) in [5, 5.41) is 6.67. The summed E-state index contributed by atoms with van der Waals surface area (Å²) in [5.41, 5.74) is 8.64. The smallest absolute Gasteiger partial charge is 0.273 e. The predicted molar refractivity (Wildman–Crippen MR) is 109 cm³/mol. The van der Waals surface area contributed by atoms with Crippen LogP contribution in [0.5, 0.6) is 0 Å². The first-order valence-electron chi connectivity index (χ1n) is 8.86. The van der Waals surface area contributed by atoms with Crippen LogP contribution >= 0.6 is 11.3 Å². The van der Waals surface area contributed by atoms with Crippen molar-refractivity contribution in [2.75, 3.05) is 5.73 Å². The maximum absolute atomic E-state index is 12.2. The normalized spacial score (nSPS) is 14.8. The summed E-state index contributed by atoms with van der Waals surface area (Å²) in [6.45, 7) is 0.633. The van der Waals surface area contributed by atoms with Gasteiger partial charge >= 0.3 is 0 Å². The SMILES string of the molecule is NN=C(C=NCc1cn2cc(C3CC3)ccc2n1)C(=O)NCc1cnc(N)s1. The fraction of sp³-hybridized carbons (Fsp3) is 0.278. The summed E-state index contributed by atoms with van der Waals surface area (Å²) in [6.07, 6.45) is 9.57. The summed E-state index contributed by atoms with van der Waals surface area (Å²) in [7, 11) is 0. The number of amides is 1. The lowest BCUT2D eigenvalue weighted by molar-refractivity contribution is -0.114. The van der Waals surface area contributed by atoms with Gasteiger partial charge in [0.05, 0.1) is 25.0 Å². The van der Waals surface area contributed by atoms with Crippen molar-refractivity contribution in [1.29, 1.82) is 0 Å².